The molecule has 28 heavy (non-hydrogen) atoms. The fraction of sp³-hybridized carbons (Fsp3) is 0.682. The SMILES string of the molecule is CCOC(=O)N(C)[C@H]([Se]c1ccccc1)[C@H](C)O[Si](C(C)C)(C(C)C)C(C)C. The predicted molar refractivity (Wildman–Crippen MR) is 122 cm³/mol. The zero-order valence-electron chi connectivity index (χ0n) is 19.1. The third-order valence-corrected chi connectivity index (χ3v) is 14.7. The molecule has 4 nitrogen and oxygen atoms in total. The predicted octanol–water partition coefficient (Wildman–Crippen LogP) is 5.01. The van der Waals surface area contributed by atoms with Crippen molar-refractivity contribution < 1.29 is 14.0 Å². The van der Waals surface area contributed by atoms with Crippen molar-refractivity contribution in [2.75, 3.05) is 13.7 Å². The molecule has 0 aliphatic heterocycles. The van der Waals surface area contributed by atoms with Crippen LogP contribution in [0.3, 0.4) is 0 Å². The first-order valence-corrected chi connectivity index (χ1v) is 14.4. The van der Waals surface area contributed by atoms with Gasteiger partial charge in [0.1, 0.15) is 0 Å². The van der Waals surface area contributed by atoms with Crippen molar-refractivity contribution in [1.29, 1.82) is 0 Å². The first kappa shape index (κ1) is 25.2. The molecule has 0 heterocycles. The number of carbonyl (C=O) groups is 1. The molecule has 0 radical (unpaired) electrons. The molecule has 1 aromatic carbocycles. The molecule has 2 atom stereocenters. The summed E-state index contributed by atoms with van der Waals surface area (Å²) in [7, 11) is -0.195. The summed E-state index contributed by atoms with van der Waals surface area (Å²) in [5, 5.41) is 0. The Hall–Kier alpha value is -0.814. The molecule has 0 unspecified atom stereocenters. The van der Waals surface area contributed by atoms with Crippen molar-refractivity contribution in [2.45, 2.75) is 83.1 Å². The van der Waals surface area contributed by atoms with Gasteiger partial charge in [-0.15, -0.1) is 0 Å². The second kappa shape index (κ2) is 11.4. The number of amides is 1. The van der Waals surface area contributed by atoms with E-state index in [9.17, 15) is 4.79 Å². The van der Waals surface area contributed by atoms with Gasteiger partial charge < -0.3 is 0 Å². The molecule has 0 aromatic heterocycles. The minimum absolute atomic E-state index is 0.0166. The van der Waals surface area contributed by atoms with Crippen LogP contribution in [0.4, 0.5) is 4.79 Å². The van der Waals surface area contributed by atoms with Gasteiger partial charge >= 0.3 is 180 Å². The summed E-state index contributed by atoms with van der Waals surface area (Å²) in [5.74, 6) is 0. The topological polar surface area (TPSA) is 38.8 Å². The maximum absolute atomic E-state index is 12.5. The Morgan fingerprint density at radius 2 is 1.50 bits per heavy atom. The van der Waals surface area contributed by atoms with Crippen LogP contribution in [-0.4, -0.2) is 59.0 Å². The molecule has 0 saturated carbocycles. The summed E-state index contributed by atoms with van der Waals surface area (Å²) in [6, 6.07) is 10.4. The fourth-order valence-corrected chi connectivity index (χ4v) is 12.3. The molecule has 0 saturated heterocycles. The van der Waals surface area contributed by atoms with Gasteiger partial charge in [0.25, 0.3) is 0 Å². The van der Waals surface area contributed by atoms with Crippen LogP contribution in [-0.2, 0) is 9.16 Å². The van der Waals surface area contributed by atoms with Crippen LogP contribution >= 0.6 is 0 Å². The molecule has 0 fully saturated rings. The summed E-state index contributed by atoms with van der Waals surface area (Å²) >= 11 is 0.0628. The van der Waals surface area contributed by atoms with E-state index in [0.717, 1.165) is 0 Å². The van der Waals surface area contributed by atoms with E-state index >= 15 is 0 Å². The third-order valence-electron chi connectivity index (χ3n) is 5.44. The number of hydrogen-bond donors (Lipinski definition) is 0. The second-order valence-corrected chi connectivity index (χ2v) is 16.2. The summed E-state index contributed by atoms with van der Waals surface area (Å²) in [5.41, 5.74) is 1.52. The van der Waals surface area contributed by atoms with Gasteiger partial charge in [0.2, 0.25) is 0 Å². The van der Waals surface area contributed by atoms with E-state index in [-0.39, 0.29) is 32.1 Å². The van der Waals surface area contributed by atoms with Gasteiger partial charge in [0.15, 0.2) is 0 Å². The van der Waals surface area contributed by atoms with Gasteiger partial charge in [0, 0.05) is 0 Å². The van der Waals surface area contributed by atoms with Crippen LogP contribution in [0, 0.1) is 0 Å². The summed E-state index contributed by atoms with van der Waals surface area (Å²) in [6.07, 6.45) is -0.319. The summed E-state index contributed by atoms with van der Waals surface area (Å²) in [6.45, 7) is 18.1. The van der Waals surface area contributed by atoms with Crippen molar-refractivity contribution in [3.8, 4) is 0 Å². The molecule has 0 aliphatic rings. The Bertz CT molecular complexity index is 573. The average Bonchev–Trinajstić information content (AvgIpc) is 2.63. The third kappa shape index (κ3) is 6.09. The first-order valence-electron chi connectivity index (χ1n) is 10.4. The van der Waals surface area contributed by atoms with Gasteiger partial charge in [-0.05, 0) is 0 Å². The number of hydrogen-bond acceptors (Lipinski definition) is 3. The molecule has 160 valence electrons. The molecule has 0 N–H and O–H groups in total. The van der Waals surface area contributed by atoms with Gasteiger partial charge in [-0.1, -0.05) is 0 Å². The van der Waals surface area contributed by atoms with E-state index in [0.29, 0.717) is 23.2 Å². The molecule has 0 aliphatic carbocycles. The normalized spacial score (nSPS) is 14.4. The van der Waals surface area contributed by atoms with Gasteiger partial charge in [-0.2, -0.15) is 0 Å². The summed E-state index contributed by atoms with van der Waals surface area (Å²) < 4.78 is 13.6. The van der Waals surface area contributed by atoms with Crippen LogP contribution < -0.4 is 4.46 Å². The van der Waals surface area contributed by atoms with Crippen molar-refractivity contribution >= 4 is 33.8 Å². The number of rotatable bonds is 10. The Labute approximate surface area is 179 Å². The van der Waals surface area contributed by atoms with Crippen molar-refractivity contribution in [2.24, 2.45) is 0 Å². The minimum atomic E-state index is -2.04. The number of nitrogens with zero attached hydrogens (tertiary/aromatic N) is 1. The standard InChI is InChI=1S/C22H39NO3SeSi/c1-10-25-22(24)23(9)21(27-20-14-12-11-13-15-20)19(8)26-28(16(2)3,17(4)5)18(6)7/h11-19,21H,10H2,1-9H3/t19-,21+/m0/s1. The van der Waals surface area contributed by atoms with E-state index in [1.807, 2.05) is 20.0 Å². The monoisotopic (exact) mass is 473 g/mol. The molecule has 1 aromatic rings. The molecule has 0 spiro atoms. The van der Waals surface area contributed by atoms with E-state index in [2.05, 4.69) is 72.7 Å². The van der Waals surface area contributed by atoms with Gasteiger partial charge in [-0.3, -0.25) is 0 Å². The van der Waals surface area contributed by atoms with Gasteiger partial charge in [-0.25, -0.2) is 0 Å². The number of likely N-dealkylation sites (N-methyl/N-ethyl adjacent to an activating group) is 1. The molecule has 6 heteroatoms. The Morgan fingerprint density at radius 3 is 1.93 bits per heavy atom. The van der Waals surface area contributed by atoms with Crippen LogP contribution in [0.15, 0.2) is 30.3 Å². The zero-order chi connectivity index (χ0) is 21.5. The Balaban J connectivity index is 3.21. The average molecular weight is 473 g/mol. The number of ether oxygens (including phenoxy) is 1. The molecule has 1 rings (SSSR count). The van der Waals surface area contributed by atoms with Crippen molar-refractivity contribution in [3.63, 3.8) is 0 Å². The Kier molecular flexibility index (Phi) is 10.3. The molecular weight excluding hydrogens is 433 g/mol. The van der Waals surface area contributed by atoms with Gasteiger partial charge in [0.05, 0.1) is 0 Å². The van der Waals surface area contributed by atoms with Crippen molar-refractivity contribution in [1.82, 2.24) is 4.90 Å². The van der Waals surface area contributed by atoms with Crippen LogP contribution in [0.25, 0.3) is 0 Å². The van der Waals surface area contributed by atoms with E-state index in [1.165, 1.54) is 4.46 Å². The molecule has 0 bridgehead atoms. The van der Waals surface area contributed by atoms with Crippen molar-refractivity contribution in [3.05, 3.63) is 30.3 Å². The van der Waals surface area contributed by atoms with E-state index < -0.39 is 8.32 Å². The summed E-state index contributed by atoms with van der Waals surface area (Å²) in [4.78, 5) is 14.3. The van der Waals surface area contributed by atoms with Crippen LogP contribution in [0.1, 0.15) is 55.4 Å². The fourth-order valence-electron chi connectivity index (χ4n) is 4.25. The maximum atomic E-state index is 12.5. The molecular formula is C22H39NO3SeSi. The Morgan fingerprint density at radius 1 is 1.00 bits per heavy atom. The number of carbonyl (C=O) groups excluding carboxylic acids is 1. The van der Waals surface area contributed by atoms with E-state index in [4.69, 9.17) is 9.16 Å². The molecule has 1 amide bonds. The zero-order valence-corrected chi connectivity index (χ0v) is 21.8. The number of benzene rings is 1. The quantitative estimate of drug-likeness (QED) is 0.450. The second-order valence-electron chi connectivity index (χ2n) is 8.27. The van der Waals surface area contributed by atoms with Crippen LogP contribution in [0.5, 0.6) is 0 Å². The van der Waals surface area contributed by atoms with Crippen LogP contribution in [0.2, 0.25) is 16.6 Å². The first-order chi connectivity index (χ1) is 13.1. The van der Waals surface area contributed by atoms with E-state index in [1.54, 1.807) is 4.90 Å².